The Kier molecular flexibility index (Phi) is 16.2. The van der Waals surface area contributed by atoms with Crippen LogP contribution in [-0.4, -0.2) is 28.2 Å². The standard InChI is InChI=1S/3C36H22N2O/c39-36-30-20-19-27(24-13-6-2-7-14-24)28-17-10-18-29(33(28)30)35-37-34-31(25-15-8-3-9-16-25)21-26(22-32(34)38(35)36)23-11-4-1-5-12-23;39-36-30-20-19-27(24-13-6-2-7-14-24)28-17-10-18-29(33(28)30)35-37-32-22-26(23-11-4-1-5-12-23)21-31(34(32)38(35)36)25-15-8-3-9-16-25;39-36-29-18-10-17-27-26(23-11-4-1-5-12-23)19-20-28(34(27)29)35-37-32-21-30(24-13-6-2-7-14-24)31(22-33(32)38(35)36)25-15-8-3-9-16-25/h3*1-22H. The van der Waals surface area contributed by atoms with Crippen molar-refractivity contribution in [3.05, 3.63) is 431 Å². The number of pyridine rings is 3. The molecule has 18 aromatic carbocycles. The molecule has 0 atom stereocenters. The van der Waals surface area contributed by atoms with Crippen molar-refractivity contribution >= 4 is 115 Å². The molecule has 0 unspecified atom stereocenters. The normalized spacial score (nSPS) is 11.7. The maximum Gasteiger partial charge on any atom is 0.264 e. The summed E-state index contributed by atoms with van der Waals surface area (Å²) in [6, 6.07) is 137. The van der Waals surface area contributed by atoms with Crippen LogP contribution in [0.15, 0.2) is 415 Å². The molecule has 9 nitrogen and oxygen atoms in total. The molecule has 24 aromatic rings. The van der Waals surface area contributed by atoms with Crippen LogP contribution >= 0.6 is 0 Å². The molecule has 0 aliphatic heterocycles. The van der Waals surface area contributed by atoms with Crippen molar-refractivity contribution in [1.82, 2.24) is 28.2 Å². The average Bonchev–Trinajstić information content (AvgIpc) is 1.60. The first kappa shape index (κ1) is 68.0. The van der Waals surface area contributed by atoms with Gasteiger partial charge in [0.1, 0.15) is 16.9 Å². The molecule has 0 saturated heterocycles. The van der Waals surface area contributed by atoms with Crippen LogP contribution in [0.4, 0.5) is 0 Å². The van der Waals surface area contributed by atoms with Crippen LogP contribution in [0.25, 0.3) is 215 Å². The van der Waals surface area contributed by atoms with Crippen molar-refractivity contribution in [2.45, 2.75) is 0 Å². The summed E-state index contributed by atoms with van der Waals surface area (Å²) in [5.41, 5.74) is 26.5. The predicted octanol–water partition coefficient (Wildman–Crippen LogP) is 25.8. The molecular formula is C108H66N6O3. The Bertz CT molecular complexity index is 8110. The zero-order valence-corrected chi connectivity index (χ0v) is 63.0. The molecule has 24 rings (SSSR count). The summed E-state index contributed by atoms with van der Waals surface area (Å²) in [4.78, 5) is 58.1. The van der Waals surface area contributed by atoms with E-state index >= 15 is 0 Å². The van der Waals surface area contributed by atoms with E-state index in [1.165, 1.54) is 0 Å². The van der Waals surface area contributed by atoms with Crippen LogP contribution in [0.5, 0.6) is 0 Å². The number of imidazole rings is 3. The molecule has 546 valence electrons. The van der Waals surface area contributed by atoms with E-state index in [4.69, 9.17) is 15.0 Å². The number of hydrogen-bond acceptors (Lipinski definition) is 6. The summed E-state index contributed by atoms with van der Waals surface area (Å²) in [6.45, 7) is 0. The Morgan fingerprint density at radius 2 is 0.479 bits per heavy atom. The summed E-state index contributed by atoms with van der Waals surface area (Å²) in [7, 11) is 0. The van der Waals surface area contributed by atoms with Crippen molar-refractivity contribution < 1.29 is 0 Å². The number of nitrogens with zero attached hydrogens (tertiary/aromatic N) is 6. The molecule has 9 heteroatoms. The maximum absolute atomic E-state index is 14.3. The van der Waals surface area contributed by atoms with Gasteiger partial charge in [-0.1, -0.05) is 340 Å². The number of aromatic nitrogens is 6. The fourth-order valence-corrected chi connectivity index (χ4v) is 17.9. The van der Waals surface area contributed by atoms with Gasteiger partial charge in [-0.2, -0.15) is 0 Å². The second-order valence-electron chi connectivity index (χ2n) is 29.9. The molecule has 6 heterocycles. The minimum absolute atomic E-state index is 0.0396. The van der Waals surface area contributed by atoms with Gasteiger partial charge in [-0.05, 0) is 166 Å². The number of benzene rings is 18. The highest BCUT2D eigenvalue weighted by molar-refractivity contribution is 6.23. The Balaban J connectivity index is 0.000000106. The fraction of sp³-hybridized carbons (Fsp3) is 0. The number of hydrogen-bond donors (Lipinski definition) is 0. The highest BCUT2D eigenvalue weighted by Gasteiger charge is 2.26. The summed E-state index contributed by atoms with van der Waals surface area (Å²) in [5.74, 6) is 0. The van der Waals surface area contributed by atoms with Crippen molar-refractivity contribution in [2.24, 2.45) is 0 Å². The third-order valence-corrected chi connectivity index (χ3v) is 23.3. The van der Waals surface area contributed by atoms with Crippen molar-refractivity contribution in [1.29, 1.82) is 0 Å². The Labute approximate surface area is 670 Å². The molecule has 0 spiro atoms. The Morgan fingerprint density at radius 3 is 0.923 bits per heavy atom. The smallest absolute Gasteiger partial charge is 0.264 e. The van der Waals surface area contributed by atoms with E-state index in [1.54, 1.807) is 4.40 Å². The van der Waals surface area contributed by atoms with E-state index < -0.39 is 0 Å². The molecular weight excluding hydrogens is 1430 g/mol. The summed E-state index contributed by atoms with van der Waals surface area (Å²) < 4.78 is 5.44. The van der Waals surface area contributed by atoms with E-state index in [0.29, 0.717) is 33.1 Å². The van der Waals surface area contributed by atoms with Gasteiger partial charge >= 0.3 is 0 Å². The van der Waals surface area contributed by atoms with Crippen LogP contribution < -0.4 is 16.7 Å². The fourth-order valence-electron chi connectivity index (χ4n) is 17.9. The lowest BCUT2D eigenvalue weighted by Gasteiger charge is -2.12. The van der Waals surface area contributed by atoms with Crippen LogP contribution in [0, 0.1) is 0 Å². The van der Waals surface area contributed by atoms with Crippen molar-refractivity contribution in [3.63, 3.8) is 0 Å². The van der Waals surface area contributed by atoms with Crippen LogP contribution in [0.1, 0.15) is 0 Å². The minimum atomic E-state index is -0.0416. The summed E-state index contributed by atoms with van der Waals surface area (Å²) >= 11 is 0. The Hall–Kier alpha value is -15.8. The SMILES string of the molecule is O=c1c2ccc(-c3ccccc3)c3cccc(c32)c2nc3c(-c4ccccc4)cc(-c4ccccc4)cc3n12.O=c1c2ccc(-c3ccccc3)c3cccc(c32)c2nc3cc(-c4ccccc4)cc(-c4ccccc4)c3n12.O=c1c2cccc3c(-c4ccccc4)ccc(c32)c2nc3cc(-c4ccccc4)c(-c4ccccc4)cc3n12. The van der Waals surface area contributed by atoms with Crippen molar-refractivity contribution in [2.75, 3.05) is 0 Å². The summed E-state index contributed by atoms with van der Waals surface area (Å²) in [5, 5.41) is 11.2. The molecule has 117 heavy (non-hydrogen) atoms. The first-order chi connectivity index (χ1) is 57.8. The monoisotopic (exact) mass is 1490 g/mol. The predicted molar refractivity (Wildman–Crippen MR) is 484 cm³/mol. The quantitative estimate of drug-likeness (QED) is 0.143. The van der Waals surface area contributed by atoms with Gasteiger partial charge in [0.15, 0.2) is 0 Å². The minimum Gasteiger partial charge on any atom is -0.268 e. The molecule has 0 saturated carbocycles. The molecule has 0 bridgehead atoms. The zero-order chi connectivity index (χ0) is 77.8. The largest absolute Gasteiger partial charge is 0.268 e. The molecule has 0 radical (unpaired) electrons. The lowest BCUT2D eigenvalue weighted by molar-refractivity contribution is 1.19. The maximum atomic E-state index is 14.3. The van der Waals surface area contributed by atoms with Gasteiger partial charge in [0.05, 0.1) is 33.1 Å². The third kappa shape index (κ3) is 11.2. The second kappa shape index (κ2) is 27.8. The van der Waals surface area contributed by atoms with E-state index in [0.717, 1.165) is 182 Å². The van der Waals surface area contributed by atoms with Gasteiger partial charge in [-0.15, -0.1) is 0 Å². The topological polar surface area (TPSA) is 103 Å². The molecule has 0 fully saturated rings. The van der Waals surface area contributed by atoms with Gasteiger partial charge in [-0.25, -0.2) is 15.0 Å². The van der Waals surface area contributed by atoms with Crippen LogP contribution in [-0.2, 0) is 0 Å². The Morgan fingerprint density at radius 1 is 0.179 bits per heavy atom. The second-order valence-corrected chi connectivity index (χ2v) is 29.9. The van der Waals surface area contributed by atoms with Gasteiger partial charge in [0, 0.05) is 59.6 Å². The number of fused-ring (bicyclic) bond motifs is 12. The van der Waals surface area contributed by atoms with Crippen LogP contribution in [0.2, 0.25) is 0 Å². The first-order valence-electron chi connectivity index (χ1n) is 39.3. The van der Waals surface area contributed by atoms with Gasteiger partial charge in [0.25, 0.3) is 16.7 Å². The van der Waals surface area contributed by atoms with E-state index in [9.17, 15) is 14.4 Å². The average molecular weight is 1500 g/mol. The highest BCUT2D eigenvalue weighted by atomic mass is 16.1. The summed E-state index contributed by atoms with van der Waals surface area (Å²) in [6.07, 6.45) is 0. The molecule has 0 aliphatic rings. The van der Waals surface area contributed by atoms with Gasteiger partial charge < -0.3 is 0 Å². The number of rotatable bonds is 9. The lowest BCUT2D eigenvalue weighted by atomic mass is 9.93. The van der Waals surface area contributed by atoms with E-state index in [1.807, 2.05) is 185 Å². The molecule has 0 N–H and O–H groups in total. The van der Waals surface area contributed by atoms with E-state index in [2.05, 4.69) is 224 Å². The first-order valence-corrected chi connectivity index (χ1v) is 39.3. The van der Waals surface area contributed by atoms with E-state index in [-0.39, 0.29) is 16.7 Å². The highest BCUT2D eigenvalue weighted by Crippen LogP contribution is 2.45. The molecule has 6 aromatic heterocycles. The molecule has 0 aliphatic carbocycles. The third-order valence-electron chi connectivity index (χ3n) is 23.3. The van der Waals surface area contributed by atoms with Crippen LogP contribution in [0.3, 0.4) is 0 Å². The lowest BCUT2D eigenvalue weighted by Crippen LogP contribution is -2.13. The molecule has 0 amide bonds. The van der Waals surface area contributed by atoms with Gasteiger partial charge in [0.2, 0.25) is 0 Å². The van der Waals surface area contributed by atoms with Gasteiger partial charge in [-0.3, -0.25) is 27.6 Å². The zero-order valence-electron chi connectivity index (χ0n) is 63.0. The van der Waals surface area contributed by atoms with Crippen molar-refractivity contribution in [3.8, 4) is 100 Å².